The zero-order valence-electron chi connectivity index (χ0n) is 16.5. The van der Waals surface area contributed by atoms with Crippen LogP contribution in [0, 0.1) is 13.8 Å². The van der Waals surface area contributed by atoms with Gasteiger partial charge in [-0.2, -0.15) is 0 Å². The first-order valence-corrected chi connectivity index (χ1v) is 9.40. The minimum absolute atomic E-state index is 0.221. The summed E-state index contributed by atoms with van der Waals surface area (Å²) < 4.78 is 5.44. The lowest BCUT2D eigenvalue weighted by Crippen LogP contribution is -2.43. The Morgan fingerprint density at radius 2 is 1.68 bits per heavy atom. The molecular formula is C22H25ClN2O3. The summed E-state index contributed by atoms with van der Waals surface area (Å²) in [4.78, 5) is 23.7. The number of rotatable bonds is 6. The number of hydrazine groups is 1. The van der Waals surface area contributed by atoms with E-state index in [0.717, 1.165) is 16.7 Å². The van der Waals surface area contributed by atoms with Gasteiger partial charge in [0, 0.05) is 11.1 Å². The van der Waals surface area contributed by atoms with E-state index < -0.39 is 11.8 Å². The fourth-order valence-corrected chi connectivity index (χ4v) is 2.62. The molecule has 28 heavy (non-hydrogen) atoms. The van der Waals surface area contributed by atoms with Crippen molar-refractivity contribution >= 4 is 29.5 Å². The Balaban J connectivity index is 1.78. The number of hydrogen-bond acceptors (Lipinski definition) is 3. The van der Waals surface area contributed by atoms with Gasteiger partial charge in [0.05, 0.1) is 0 Å². The minimum Gasteiger partial charge on any atom is -0.484 e. The molecule has 0 saturated heterocycles. The number of hydrogen-bond donors (Lipinski definition) is 2. The summed E-state index contributed by atoms with van der Waals surface area (Å²) in [6.45, 7) is 7.76. The number of carbonyl (C=O) groups excluding carboxylic acids is 2. The first-order chi connectivity index (χ1) is 13.3. The van der Waals surface area contributed by atoms with Gasteiger partial charge in [-0.05, 0) is 60.2 Å². The van der Waals surface area contributed by atoms with E-state index in [9.17, 15) is 9.59 Å². The third-order valence-corrected chi connectivity index (χ3v) is 4.73. The van der Waals surface area contributed by atoms with Crippen molar-refractivity contribution in [3.63, 3.8) is 0 Å². The van der Waals surface area contributed by atoms with E-state index >= 15 is 0 Å². The molecule has 2 aromatic carbocycles. The number of amides is 2. The van der Waals surface area contributed by atoms with Crippen LogP contribution in [0.4, 0.5) is 0 Å². The summed E-state index contributed by atoms with van der Waals surface area (Å²) in [6.07, 6.45) is 3.04. The Morgan fingerprint density at radius 3 is 2.25 bits per heavy atom. The molecule has 0 atom stereocenters. The van der Waals surface area contributed by atoms with Gasteiger partial charge in [0.2, 0.25) is 0 Å². The highest BCUT2D eigenvalue weighted by atomic mass is 35.5. The van der Waals surface area contributed by atoms with E-state index in [1.54, 1.807) is 18.2 Å². The zero-order valence-corrected chi connectivity index (χ0v) is 17.3. The van der Waals surface area contributed by atoms with Crippen molar-refractivity contribution in [2.45, 2.75) is 33.6 Å². The SMILES string of the molecule is Cc1cc(OCC(=O)NNC(=O)/C=C/c2ccc(C(C)C)cc2)cc(C)c1Cl. The van der Waals surface area contributed by atoms with Crippen molar-refractivity contribution in [1.29, 1.82) is 0 Å². The van der Waals surface area contributed by atoms with Gasteiger partial charge in [0.15, 0.2) is 6.61 Å². The van der Waals surface area contributed by atoms with Crippen LogP contribution in [0.25, 0.3) is 6.08 Å². The van der Waals surface area contributed by atoms with Crippen LogP contribution in [0.15, 0.2) is 42.5 Å². The summed E-state index contributed by atoms with van der Waals surface area (Å²) in [6, 6.07) is 11.5. The van der Waals surface area contributed by atoms with Gasteiger partial charge in [0.25, 0.3) is 11.8 Å². The maximum absolute atomic E-state index is 11.8. The van der Waals surface area contributed by atoms with Gasteiger partial charge in [-0.25, -0.2) is 0 Å². The van der Waals surface area contributed by atoms with Crippen LogP contribution in [-0.2, 0) is 9.59 Å². The average Bonchev–Trinajstić information content (AvgIpc) is 2.67. The van der Waals surface area contributed by atoms with Crippen molar-refractivity contribution in [3.8, 4) is 5.75 Å². The van der Waals surface area contributed by atoms with E-state index in [1.165, 1.54) is 11.6 Å². The highest BCUT2D eigenvalue weighted by molar-refractivity contribution is 6.32. The fourth-order valence-electron chi connectivity index (χ4n) is 2.51. The van der Waals surface area contributed by atoms with Crippen LogP contribution in [0.1, 0.15) is 42.0 Å². The maximum Gasteiger partial charge on any atom is 0.276 e. The van der Waals surface area contributed by atoms with Gasteiger partial charge in [-0.3, -0.25) is 20.4 Å². The van der Waals surface area contributed by atoms with Crippen molar-refractivity contribution in [2.75, 3.05) is 6.61 Å². The summed E-state index contributed by atoms with van der Waals surface area (Å²) in [5.41, 5.74) is 8.52. The molecule has 148 valence electrons. The lowest BCUT2D eigenvalue weighted by molar-refractivity contribution is -0.128. The Labute approximate surface area is 170 Å². The lowest BCUT2D eigenvalue weighted by Gasteiger charge is -2.10. The van der Waals surface area contributed by atoms with Crippen LogP contribution in [-0.4, -0.2) is 18.4 Å². The van der Waals surface area contributed by atoms with Gasteiger partial charge >= 0.3 is 0 Å². The summed E-state index contributed by atoms with van der Waals surface area (Å²) >= 11 is 6.10. The summed E-state index contributed by atoms with van der Waals surface area (Å²) in [5, 5.41) is 0.676. The van der Waals surface area contributed by atoms with Crippen molar-refractivity contribution in [1.82, 2.24) is 10.9 Å². The standard InChI is InChI=1S/C22H25ClN2O3/c1-14(2)18-8-5-17(6-9-18)7-10-20(26)24-25-21(27)13-28-19-11-15(3)22(23)16(4)12-19/h5-12,14H,13H2,1-4H3,(H,24,26)(H,25,27)/b10-7+. The molecule has 0 aliphatic rings. The van der Waals surface area contributed by atoms with Crippen LogP contribution in [0.2, 0.25) is 5.02 Å². The van der Waals surface area contributed by atoms with E-state index in [4.69, 9.17) is 16.3 Å². The quantitative estimate of drug-likeness (QED) is 0.560. The van der Waals surface area contributed by atoms with Gasteiger partial charge < -0.3 is 4.74 Å². The molecule has 2 N–H and O–H groups in total. The van der Waals surface area contributed by atoms with Crippen molar-refractivity contribution < 1.29 is 14.3 Å². The second-order valence-corrected chi connectivity index (χ2v) is 7.23. The highest BCUT2D eigenvalue weighted by Gasteiger charge is 2.07. The van der Waals surface area contributed by atoms with Crippen molar-refractivity contribution in [3.05, 3.63) is 69.8 Å². The van der Waals surface area contributed by atoms with E-state index in [0.29, 0.717) is 16.7 Å². The van der Waals surface area contributed by atoms with Crippen LogP contribution >= 0.6 is 11.6 Å². The number of carbonyl (C=O) groups is 2. The third-order valence-electron chi connectivity index (χ3n) is 4.14. The summed E-state index contributed by atoms with van der Waals surface area (Å²) in [7, 11) is 0. The topological polar surface area (TPSA) is 67.4 Å². The van der Waals surface area contributed by atoms with Crippen LogP contribution in [0.5, 0.6) is 5.75 Å². The molecule has 6 heteroatoms. The molecule has 0 saturated carbocycles. The average molecular weight is 401 g/mol. The smallest absolute Gasteiger partial charge is 0.276 e. The molecular weight excluding hydrogens is 376 g/mol. The molecule has 0 heterocycles. The van der Waals surface area contributed by atoms with Crippen LogP contribution < -0.4 is 15.6 Å². The predicted molar refractivity (Wildman–Crippen MR) is 112 cm³/mol. The Bertz CT molecular complexity index is 851. The Morgan fingerprint density at radius 1 is 1.07 bits per heavy atom. The van der Waals surface area contributed by atoms with E-state index in [2.05, 4.69) is 24.7 Å². The Kier molecular flexibility index (Phi) is 7.64. The number of benzene rings is 2. The zero-order chi connectivity index (χ0) is 20.7. The molecule has 0 radical (unpaired) electrons. The second kappa shape index (κ2) is 9.95. The normalized spacial score (nSPS) is 10.9. The molecule has 0 spiro atoms. The Hall–Kier alpha value is -2.79. The largest absolute Gasteiger partial charge is 0.484 e. The maximum atomic E-state index is 11.8. The monoisotopic (exact) mass is 400 g/mol. The van der Waals surface area contributed by atoms with Gasteiger partial charge in [0.1, 0.15) is 5.75 Å². The summed E-state index contributed by atoms with van der Waals surface area (Å²) in [5.74, 6) is 0.109. The molecule has 2 rings (SSSR count). The molecule has 0 aliphatic carbocycles. The minimum atomic E-state index is -0.465. The third kappa shape index (κ3) is 6.43. The molecule has 5 nitrogen and oxygen atoms in total. The first-order valence-electron chi connectivity index (χ1n) is 9.02. The predicted octanol–water partition coefficient (Wildman–Crippen LogP) is 4.32. The number of nitrogens with one attached hydrogen (secondary N) is 2. The molecule has 0 unspecified atom stereocenters. The second-order valence-electron chi connectivity index (χ2n) is 6.85. The molecule has 0 bridgehead atoms. The fraction of sp³-hybridized carbons (Fsp3) is 0.273. The lowest BCUT2D eigenvalue weighted by atomic mass is 10.0. The molecule has 0 fully saturated rings. The van der Waals surface area contributed by atoms with Crippen LogP contribution in [0.3, 0.4) is 0 Å². The molecule has 2 aromatic rings. The molecule has 0 aromatic heterocycles. The number of aryl methyl sites for hydroxylation is 2. The van der Waals surface area contributed by atoms with E-state index in [1.807, 2.05) is 38.1 Å². The molecule has 2 amide bonds. The molecule has 0 aliphatic heterocycles. The number of ether oxygens (including phenoxy) is 1. The van der Waals surface area contributed by atoms with Crippen molar-refractivity contribution in [2.24, 2.45) is 0 Å². The van der Waals surface area contributed by atoms with E-state index in [-0.39, 0.29) is 6.61 Å². The first kappa shape index (κ1) is 21.5. The number of halogens is 1. The van der Waals surface area contributed by atoms with Gasteiger partial charge in [-0.15, -0.1) is 0 Å². The highest BCUT2D eigenvalue weighted by Crippen LogP contribution is 2.25. The van der Waals surface area contributed by atoms with Gasteiger partial charge in [-0.1, -0.05) is 49.7 Å².